The fraction of sp³-hybridized carbons (Fsp3) is 0.600. The number of hydrogen-bond donors (Lipinski definition) is 3. The molecule has 2 aliphatic rings. The molecular weight excluding hydrogens is 272 g/mol. The molecule has 2 fully saturated rings. The number of amides is 1. The third-order valence-corrected chi connectivity index (χ3v) is 4.46. The third kappa shape index (κ3) is 2.95. The van der Waals surface area contributed by atoms with Crippen molar-refractivity contribution in [1.29, 1.82) is 0 Å². The maximum absolute atomic E-state index is 12.2. The fourth-order valence-electron chi connectivity index (χ4n) is 3.39. The van der Waals surface area contributed by atoms with Crippen LogP contribution in [0.2, 0.25) is 0 Å². The molecule has 1 amide bonds. The van der Waals surface area contributed by atoms with E-state index >= 15 is 0 Å². The molecule has 3 rings (SSSR count). The first-order valence-electron chi connectivity index (χ1n) is 7.45. The second-order valence-corrected chi connectivity index (χ2v) is 6.03. The summed E-state index contributed by atoms with van der Waals surface area (Å²) < 4.78 is 5.95. The molecule has 3 N–H and O–H groups in total. The van der Waals surface area contributed by atoms with Crippen molar-refractivity contribution >= 4 is 5.91 Å². The number of nitrogens with one attached hydrogen (secondary N) is 2. The van der Waals surface area contributed by atoms with E-state index in [0.717, 1.165) is 25.3 Å². The minimum absolute atomic E-state index is 0.0399. The lowest BCUT2D eigenvalue weighted by molar-refractivity contribution is -0.0246. The number of ether oxygens (including phenoxy) is 1. The molecule has 1 aliphatic carbocycles. The zero-order valence-electron chi connectivity index (χ0n) is 11.9. The van der Waals surface area contributed by atoms with Crippen LogP contribution in [0.3, 0.4) is 0 Å². The topological polar surface area (TPSA) is 91.4 Å². The highest BCUT2D eigenvalue weighted by Crippen LogP contribution is 2.39. The third-order valence-electron chi connectivity index (χ3n) is 4.46. The molecule has 1 spiro atoms. The van der Waals surface area contributed by atoms with Gasteiger partial charge in [0.2, 0.25) is 0 Å². The van der Waals surface area contributed by atoms with Crippen molar-refractivity contribution in [3.63, 3.8) is 0 Å². The highest BCUT2D eigenvalue weighted by atomic mass is 16.5. The summed E-state index contributed by atoms with van der Waals surface area (Å²) in [5, 5.41) is 12.5. The fourth-order valence-corrected chi connectivity index (χ4v) is 3.39. The number of rotatable bonds is 2. The van der Waals surface area contributed by atoms with Gasteiger partial charge in [0.05, 0.1) is 23.8 Å². The van der Waals surface area contributed by atoms with E-state index in [1.54, 1.807) is 0 Å². The number of carbonyl (C=O) groups is 1. The van der Waals surface area contributed by atoms with Gasteiger partial charge in [0.1, 0.15) is 5.75 Å². The van der Waals surface area contributed by atoms with Gasteiger partial charge in [0.15, 0.2) is 0 Å². The lowest BCUT2D eigenvalue weighted by Crippen LogP contribution is -2.37. The van der Waals surface area contributed by atoms with Crippen LogP contribution in [-0.2, 0) is 4.74 Å². The number of H-pyrrole nitrogens is 1. The van der Waals surface area contributed by atoms with Crippen LogP contribution in [0.15, 0.2) is 17.1 Å². The summed E-state index contributed by atoms with van der Waals surface area (Å²) in [4.78, 5) is 25.6. The maximum Gasteiger partial charge on any atom is 0.256 e. The van der Waals surface area contributed by atoms with E-state index in [1.807, 2.05) is 0 Å². The van der Waals surface area contributed by atoms with Crippen molar-refractivity contribution in [3.05, 3.63) is 28.2 Å². The smallest absolute Gasteiger partial charge is 0.256 e. The van der Waals surface area contributed by atoms with Crippen LogP contribution in [0.4, 0.5) is 0 Å². The van der Waals surface area contributed by atoms with Gasteiger partial charge < -0.3 is 20.1 Å². The van der Waals surface area contributed by atoms with Crippen LogP contribution in [0.25, 0.3) is 0 Å². The standard InChI is InChI=1S/C15H20N2O4/c18-12-6-13(19)16-8-11(12)14(20)17-10-7-15(21-9-10)4-2-1-3-5-15/h6,8,10H,1-5,7,9H2,(H,17,20)(H2,16,18,19). The van der Waals surface area contributed by atoms with Gasteiger partial charge >= 0.3 is 0 Å². The minimum atomic E-state index is -0.436. The largest absolute Gasteiger partial charge is 0.507 e. The minimum Gasteiger partial charge on any atom is -0.507 e. The molecule has 1 unspecified atom stereocenters. The predicted octanol–water partition coefficient (Wildman–Crippen LogP) is 1.30. The van der Waals surface area contributed by atoms with E-state index in [0.29, 0.717) is 6.61 Å². The van der Waals surface area contributed by atoms with Gasteiger partial charge in [-0.3, -0.25) is 9.59 Å². The molecule has 6 heteroatoms. The van der Waals surface area contributed by atoms with Crippen LogP contribution in [0, 0.1) is 0 Å². The van der Waals surface area contributed by atoms with E-state index in [1.165, 1.54) is 25.5 Å². The van der Waals surface area contributed by atoms with Gasteiger partial charge in [-0.2, -0.15) is 0 Å². The molecule has 0 aromatic carbocycles. The Labute approximate surface area is 122 Å². The summed E-state index contributed by atoms with van der Waals surface area (Å²) in [5.41, 5.74) is -0.419. The van der Waals surface area contributed by atoms with Gasteiger partial charge in [-0.05, 0) is 19.3 Å². The zero-order valence-corrected chi connectivity index (χ0v) is 11.9. The van der Waals surface area contributed by atoms with Crippen molar-refractivity contribution in [2.45, 2.75) is 50.2 Å². The average molecular weight is 292 g/mol. The van der Waals surface area contributed by atoms with E-state index in [9.17, 15) is 14.7 Å². The molecule has 21 heavy (non-hydrogen) atoms. The van der Waals surface area contributed by atoms with Crippen LogP contribution < -0.4 is 10.9 Å². The molecule has 0 radical (unpaired) electrons. The number of carbonyl (C=O) groups excluding carboxylic acids is 1. The van der Waals surface area contributed by atoms with E-state index in [4.69, 9.17) is 4.74 Å². The molecule has 1 saturated heterocycles. The van der Waals surface area contributed by atoms with E-state index < -0.39 is 5.56 Å². The molecule has 2 heterocycles. The van der Waals surface area contributed by atoms with Gasteiger partial charge in [0.25, 0.3) is 11.5 Å². The lowest BCUT2D eigenvalue weighted by Gasteiger charge is -2.32. The van der Waals surface area contributed by atoms with Gasteiger partial charge in [-0.25, -0.2) is 0 Å². The Morgan fingerprint density at radius 2 is 2.14 bits per heavy atom. The Hall–Kier alpha value is -1.82. The van der Waals surface area contributed by atoms with E-state index in [2.05, 4.69) is 10.3 Å². The summed E-state index contributed by atoms with van der Waals surface area (Å²) in [6.07, 6.45) is 7.80. The van der Waals surface area contributed by atoms with Crippen molar-refractivity contribution in [2.75, 3.05) is 6.61 Å². The average Bonchev–Trinajstić information content (AvgIpc) is 2.82. The van der Waals surface area contributed by atoms with Gasteiger partial charge in [-0.1, -0.05) is 19.3 Å². The van der Waals surface area contributed by atoms with Crippen molar-refractivity contribution in [1.82, 2.24) is 10.3 Å². The quantitative estimate of drug-likeness (QED) is 0.766. The number of aromatic amines is 1. The van der Waals surface area contributed by atoms with Crippen molar-refractivity contribution in [3.8, 4) is 5.75 Å². The predicted molar refractivity (Wildman–Crippen MR) is 76.4 cm³/mol. The molecule has 1 aliphatic heterocycles. The van der Waals surface area contributed by atoms with E-state index in [-0.39, 0.29) is 28.9 Å². The van der Waals surface area contributed by atoms with Crippen LogP contribution in [0.5, 0.6) is 5.75 Å². The molecule has 6 nitrogen and oxygen atoms in total. The number of aromatic hydroxyl groups is 1. The first kappa shape index (κ1) is 14.1. The Morgan fingerprint density at radius 3 is 2.86 bits per heavy atom. The second kappa shape index (κ2) is 5.52. The Bertz CT molecular complexity index is 590. The Balaban J connectivity index is 1.64. The van der Waals surface area contributed by atoms with Crippen LogP contribution in [0.1, 0.15) is 48.9 Å². The Morgan fingerprint density at radius 1 is 1.38 bits per heavy atom. The highest BCUT2D eigenvalue weighted by Gasteiger charge is 2.41. The normalized spacial score (nSPS) is 24.1. The highest BCUT2D eigenvalue weighted by molar-refractivity contribution is 5.96. The van der Waals surface area contributed by atoms with Crippen molar-refractivity contribution < 1.29 is 14.6 Å². The van der Waals surface area contributed by atoms with Gasteiger partial charge in [0, 0.05) is 12.3 Å². The molecular formula is C15H20N2O4. The maximum atomic E-state index is 12.2. The molecule has 114 valence electrons. The van der Waals surface area contributed by atoms with Crippen LogP contribution in [-0.4, -0.2) is 34.2 Å². The first-order valence-corrected chi connectivity index (χ1v) is 7.45. The SMILES string of the molecule is O=C(NC1COC2(CCCCC2)C1)c1c[nH]c(=O)cc1O. The number of aromatic nitrogens is 1. The summed E-state index contributed by atoms with van der Waals surface area (Å²) in [7, 11) is 0. The summed E-state index contributed by atoms with van der Waals surface area (Å²) >= 11 is 0. The molecule has 1 saturated carbocycles. The zero-order chi connectivity index (χ0) is 14.9. The van der Waals surface area contributed by atoms with Gasteiger partial charge in [-0.15, -0.1) is 0 Å². The Kier molecular flexibility index (Phi) is 3.71. The summed E-state index contributed by atoms with van der Waals surface area (Å²) in [6.45, 7) is 0.510. The molecule has 1 atom stereocenters. The first-order chi connectivity index (χ1) is 10.1. The van der Waals surface area contributed by atoms with Crippen molar-refractivity contribution in [2.24, 2.45) is 0 Å². The number of hydrogen-bond acceptors (Lipinski definition) is 4. The lowest BCUT2D eigenvalue weighted by atomic mass is 9.82. The monoisotopic (exact) mass is 292 g/mol. The molecule has 0 bridgehead atoms. The molecule has 1 aromatic rings. The summed E-state index contributed by atoms with van der Waals surface area (Å²) in [5.74, 6) is -0.687. The van der Waals surface area contributed by atoms with Crippen LogP contribution >= 0.6 is 0 Å². The second-order valence-electron chi connectivity index (χ2n) is 6.03. The summed E-state index contributed by atoms with van der Waals surface area (Å²) in [6, 6.07) is 0.963. The molecule has 1 aromatic heterocycles. The number of pyridine rings is 1.